The van der Waals surface area contributed by atoms with Gasteiger partial charge in [-0.3, -0.25) is 9.89 Å². The Kier molecular flexibility index (Phi) is 5.30. The summed E-state index contributed by atoms with van der Waals surface area (Å²) in [6.07, 6.45) is 2.57. The van der Waals surface area contributed by atoms with E-state index in [2.05, 4.69) is 15.5 Å². The van der Waals surface area contributed by atoms with Gasteiger partial charge in [0.15, 0.2) is 0 Å². The average molecular weight is 316 g/mol. The van der Waals surface area contributed by atoms with Crippen LogP contribution in [-0.4, -0.2) is 21.9 Å². The quantitative estimate of drug-likeness (QED) is 0.857. The van der Waals surface area contributed by atoms with Crippen molar-refractivity contribution in [3.8, 4) is 0 Å². The molecule has 1 amide bonds. The lowest BCUT2D eigenvalue weighted by molar-refractivity contribution is -0.113. The number of thiophene rings is 1. The van der Waals surface area contributed by atoms with Gasteiger partial charge in [0.05, 0.1) is 16.3 Å². The van der Waals surface area contributed by atoms with E-state index in [0.717, 1.165) is 22.1 Å². The highest BCUT2D eigenvalue weighted by Gasteiger charge is 2.08. The molecule has 0 unspecified atom stereocenters. The maximum Gasteiger partial charge on any atom is 0.235 e. The van der Waals surface area contributed by atoms with Crippen LogP contribution in [0, 0.1) is 0 Å². The van der Waals surface area contributed by atoms with Crippen molar-refractivity contribution in [3.63, 3.8) is 0 Å². The minimum absolute atomic E-state index is 0.0217. The highest BCUT2D eigenvalue weighted by atomic mass is 35.5. The van der Waals surface area contributed by atoms with Gasteiger partial charge in [-0.05, 0) is 18.6 Å². The molecule has 7 heteroatoms. The minimum atomic E-state index is -0.0217. The van der Waals surface area contributed by atoms with Gasteiger partial charge in [0.25, 0.3) is 0 Å². The van der Waals surface area contributed by atoms with E-state index < -0.39 is 0 Å². The molecule has 2 aromatic rings. The minimum Gasteiger partial charge on any atom is -0.310 e. The van der Waals surface area contributed by atoms with E-state index >= 15 is 0 Å². The van der Waals surface area contributed by atoms with Gasteiger partial charge in [0.1, 0.15) is 5.82 Å². The summed E-state index contributed by atoms with van der Waals surface area (Å²) in [6.45, 7) is 2.02. The third-order valence-corrected chi connectivity index (χ3v) is 4.86. The maximum absolute atomic E-state index is 11.8. The second-order valence-corrected chi connectivity index (χ2v) is 6.66. The maximum atomic E-state index is 11.8. The summed E-state index contributed by atoms with van der Waals surface area (Å²) in [6, 6.07) is 3.86. The topological polar surface area (TPSA) is 57.8 Å². The summed E-state index contributed by atoms with van der Waals surface area (Å²) in [5.41, 5.74) is 1.02. The lowest BCUT2D eigenvalue weighted by Gasteiger charge is -2.04. The van der Waals surface area contributed by atoms with E-state index in [-0.39, 0.29) is 5.91 Å². The summed E-state index contributed by atoms with van der Waals surface area (Å²) in [5, 5.41) is 9.54. The third kappa shape index (κ3) is 4.26. The molecule has 2 N–H and O–H groups in total. The van der Waals surface area contributed by atoms with Crippen LogP contribution in [0.3, 0.4) is 0 Å². The largest absolute Gasteiger partial charge is 0.310 e. The van der Waals surface area contributed by atoms with E-state index in [9.17, 15) is 4.79 Å². The number of carbonyl (C=O) groups is 1. The van der Waals surface area contributed by atoms with Gasteiger partial charge in [-0.15, -0.1) is 23.1 Å². The van der Waals surface area contributed by atoms with E-state index in [0.29, 0.717) is 11.6 Å². The fourth-order valence-corrected chi connectivity index (χ4v) is 3.56. The highest BCUT2D eigenvalue weighted by molar-refractivity contribution is 7.99. The first-order chi connectivity index (χ1) is 9.19. The van der Waals surface area contributed by atoms with Crippen LogP contribution in [0.2, 0.25) is 4.34 Å². The molecule has 0 aliphatic carbocycles. The van der Waals surface area contributed by atoms with Crippen LogP contribution < -0.4 is 5.32 Å². The lowest BCUT2D eigenvalue weighted by atomic mass is 10.2. The molecular weight excluding hydrogens is 302 g/mol. The molecule has 2 aromatic heterocycles. The van der Waals surface area contributed by atoms with E-state index in [1.165, 1.54) is 4.88 Å². The molecule has 102 valence electrons. The predicted molar refractivity (Wildman–Crippen MR) is 82.1 cm³/mol. The number of anilines is 1. The summed E-state index contributed by atoms with van der Waals surface area (Å²) in [5.74, 6) is 1.89. The van der Waals surface area contributed by atoms with Gasteiger partial charge >= 0.3 is 0 Å². The molecule has 0 atom stereocenters. The molecule has 0 saturated heterocycles. The van der Waals surface area contributed by atoms with Crippen molar-refractivity contribution in [1.82, 2.24) is 10.2 Å². The predicted octanol–water partition coefficient (Wildman–Crippen LogP) is 3.56. The first-order valence-electron chi connectivity index (χ1n) is 5.83. The zero-order valence-electron chi connectivity index (χ0n) is 10.4. The van der Waals surface area contributed by atoms with Crippen molar-refractivity contribution >= 4 is 46.4 Å². The molecule has 0 radical (unpaired) electrons. The van der Waals surface area contributed by atoms with Crippen molar-refractivity contribution in [2.75, 3.05) is 11.1 Å². The van der Waals surface area contributed by atoms with Gasteiger partial charge in [-0.1, -0.05) is 18.5 Å². The van der Waals surface area contributed by atoms with E-state index in [1.54, 1.807) is 29.3 Å². The number of aromatic nitrogens is 2. The van der Waals surface area contributed by atoms with Crippen LogP contribution in [0.4, 0.5) is 5.82 Å². The van der Waals surface area contributed by atoms with Crippen molar-refractivity contribution in [2.24, 2.45) is 0 Å². The Morgan fingerprint density at radius 1 is 1.58 bits per heavy atom. The molecule has 0 aromatic carbocycles. The number of hydrogen-bond donors (Lipinski definition) is 2. The SMILES string of the molecule is CCc1cn[nH]c1NC(=O)CSCc1ccc(Cl)s1. The second-order valence-electron chi connectivity index (χ2n) is 3.87. The fraction of sp³-hybridized carbons (Fsp3) is 0.333. The van der Waals surface area contributed by atoms with Crippen molar-refractivity contribution in [2.45, 2.75) is 19.1 Å². The zero-order valence-corrected chi connectivity index (χ0v) is 12.8. The molecule has 0 spiro atoms. The molecule has 19 heavy (non-hydrogen) atoms. The molecule has 0 bridgehead atoms. The Morgan fingerprint density at radius 2 is 2.42 bits per heavy atom. The van der Waals surface area contributed by atoms with Crippen LogP contribution in [0.15, 0.2) is 18.3 Å². The fourth-order valence-electron chi connectivity index (χ4n) is 1.54. The Morgan fingerprint density at radius 3 is 3.11 bits per heavy atom. The summed E-state index contributed by atoms with van der Waals surface area (Å²) < 4.78 is 0.782. The standard InChI is InChI=1S/C12H14ClN3OS2/c1-2-8-5-14-16-12(8)15-11(17)7-18-6-9-3-4-10(13)19-9/h3-5H,2,6-7H2,1H3,(H2,14,15,16,17). The molecule has 2 heterocycles. The number of aryl methyl sites for hydroxylation is 1. The van der Waals surface area contributed by atoms with Crippen molar-refractivity contribution in [3.05, 3.63) is 33.1 Å². The first kappa shape index (κ1) is 14.4. The Labute approximate surface area is 124 Å². The lowest BCUT2D eigenvalue weighted by Crippen LogP contribution is -2.15. The monoisotopic (exact) mass is 315 g/mol. The molecule has 0 aliphatic rings. The van der Waals surface area contributed by atoms with Gasteiger partial charge < -0.3 is 5.32 Å². The smallest absolute Gasteiger partial charge is 0.235 e. The van der Waals surface area contributed by atoms with Gasteiger partial charge in [0, 0.05) is 16.2 Å². The number of thioether (sulfide) groups is 1. The number of nitrogens with zero attached hydrogens (tertiary/aromatic N) is 1. The van der Waals surface area contributed by atoms with Crippen LogP contribution in [-0.2, 0) is 17.0 Å². The number of H-pyrrole nitrogens is 1. The number of halogens is 1. The molecule has 0 saturated carbocycles. The van der Waals surface area contributed by atoms with E-state index in [4.69, 9.17) is 11.6 Å². The Bertz CT molecular complexity index is 553. The van der Waals surface area contributed by atoms with Crippen LogP contribution >= 0.6 is 34.7 Å². The summed E-state index contributed by atoms with van der Waals surface area (Å²) in [4.78, 5) is 13.0. The first-order valence-corrected chi connectivity index (χ1v) is 8.18. The number of rotatable bonds is 6. The summed E-state index contributed by atoms with van der Waals surface area (Å²) >= 11 is 8.97. The highest BCUT2D eigenvalue weighted by Crippen LogP contribution is 2.25. The number of nitrogens with one attached hydrogen (secondary N) is 2. The van der Waals surface area contributed by atoms with Gasteiger partial charge in [0.2, 0.25) is 5.91 Å². The normalized spacial score (nSPS) is 10.6. The average Bonchev–Trinajstić information content (AvgIpc) is 2.98. The van der Waals surface area contributed by atoms with Gasteiger partial charge in [-0.2, -0.15) is 5.10 Å². The summed E-state index contributed by atoms with van der Waals surface area (Å²) in [7, 11) is 0. The third-order valence-electron chi connectivity index (χ3n) is 2.47. The van der Waals surface area contributed by atoms with Gasteiger partial charge in [-0.25, -0.2) is 0 Å². The molecule has 2 rings (SSSR count). The Balaban J connectivity index is 1.76. The molecule has 0 fully saturated rings. The van der Waals surface area contributed by atoms with Crippen molar-refractivity contribution < 1.29 is 4.79 Å². The zero-order chi connectivity index (χ0) is 13.7. The van der Waals surface area contributed by atoms with Crippen molar-refractivity contribution in [1.29, 1.82) is 0 Å². The molecule has 0 aliphatic heterocycles. The van der Waals surface area contributed by atoms with Crippen LogP contribution in [0.25, 0.3) is 0 Å². The number of carbonyl (C=O) groups excluding carboxylic acids is 1. The molecule has 4 nitrogen and oxygen atoms in total. The number of aromatic amines is 1. The van der Waals surface area contributed by atoms with E-state index in [1.807, 2.05) is 19.1 Å². The van der Waals surface area contributed by atoms with Crippen LogP contribution in [0.1, 0.15) is 17.4 Å². The number of amides is 1. The second kappa shape index (κ2) is 6.98. The number of hydrogen-bond acceptors (Lipinski definition) is 4. The Hall–Kier alpha value is -0.980. The molecular formula is C12H14ClN3OS2. The van der Waals surface area contributed by atoms with Crippen LogP contribution in [0.5, 0.6) is 0 Å².